The van der Waals surface area contributed by atoms with Crippen LogP contribution >= 0.6 is 11.3 Å². The van der Waals surface area contributed by atoms with Gasteiger partial charge in [-0.3, -0.25) is 0 Å². The highest BCUT2D eigenvalue weighted by molar-refractivity contribution is 7.09. The third-order valence-corrected chi connectivity index (χ3v) is 5.26. The molecule has 2 heterocycles. The zero-order valence-electron chi connectivity index (χ0n) is 14.0. The molecule has 1 aromatic carbocycles. The summed E-state index contributed by atoms with van der Waals surface area (Å²) in [5.74, 6) is 0. The minimum Gasteiger partial charge on any atom is -0.371 e. The molecule has 1 saturated heterocycles. The van der Waals surface area contributed by atoms with E-state index in [1.165, 1.54) is 0 Å². The molecule has 1 fully saturated rings. The van der Waals surface area contributed by atoms with Gasteiger partial charge in [-0.25, -0.2) is 9.78 Å². The van der Waals surface area contributed by atoms with Crippen LogP contribution < -0.4 is 10.6 Å². The first kappa shape index (κ1) is 16.9. The van der Waals surface area contributed by atoms with E-state index in [0.717, 1.165) is 29.1 Å². The Kier molecular flexibility index (Phi) is 5.48. The number of thiazole rings is 1. The molecule has 0 aliphatic carbocycles. The number of carbonyl (C=O) groups is 1. The standard InChI is InChI=1S/C18H23N3O2S/c1-3-14(17-19-12(2)11-24-17)20-18(22)21-15-9-10-23-16(15)13-7-5-4-6-8-13/h4-8,11,14-16H,3,9-10H2,1-2H3,(H2,20,21,22). The number of amides is 2. The second-order valence-electron chi connectivity index (χ2n) is 6.00. The number of rotatable bonds is 5. The van der Waals surface area contributed by atoms with Crippen molar-refractivity contribution in [2.24, 2.45) is 0 Å². The second kappa shape index (κ2) is 7.77. The van der Waals surface area contributed by atoms with Gasteiger partial charge >= 0.3 is 6.03 Å². The summed E-state index contributed by atoms with van der Waals surface area (Å²) in [6, 6.07) is 9.81. The van der Waals surface area contributed by atoms with Gasteiger partial charge in [0.05, 0.1) is 12.1 Å². The summed E-state index contributed by atoms with van der Waals surface area (Å²) in [5.41, 5.74) is 2.09. The van der Waals surface area contributed by atoms with E-state index in [2.05, 4.69) is 15.6 Å². The Hall–Kier alpha value is -1.92. The van der Waals surface area contributed by atoms with Crippen molar-refractivity contribution < 1.29 is 9.53 Å². The monoisotopic (exact) mass is 345 g/mol. The maximum Gasteiger partial charge on any atom is 0.315 e. The third-order valence-electron chi connectivity index (χ3n) is 4.18. The first-order chi connectivity index (χ1) is 11.7. The highest BCUT2D eigenvalue weighted by Crippen LogP contribution is 2.29. The number of carbonyl (C=O) groups excluding carboxylic acids is 1. The molecular weight excluding hydrogens is 322 g/mol. The highest BCUT2D eigenvalue weighted by atomic mass is 32.1. The van der Waals surface area contributed by atoms with Gasteiger partial charge in [0.15, 0.2) is 0 Å². The number of aryl methyl sites for hydroxylation is 1. The molecule has 2 N–H and O–H groups in total. The number of hydrogen-bond donors (Lipinski definition) is 2. The molecule has 128 valence electrons. The van der Waals surface area contributed by atoms with E-state index >= 15 is 0 Å². The van der Waals surface area contributed by atoms with Crippen LogP contribution in [0.1, 0.15) is 48.2 Å². The average Bonchev–Trinajstić information content (AvgIpc) is 3.22. The van der Waals surface area contributed by atoms with Crippen molar-refractivity contribution in [3.05, 3.63) is 52.0 Å². The molecule has 2 amide bonds. The van der Waals surface area contributed by atoms with E-state index in [1.807, 2.05) is 49.6 Å². The van der Waals surface area contributed by atoms with Gasteiger partial charge in [0, 0.05) is 17.7 Å². The molecule has 5 nitrogen and oxygen atoms in total. The topological polar surface area (TPSA) is 63.2 Å². The summed E-state index contributed by atoms with van der Waals surface area (Å²) >= 11 is 1.59. The second-order valence-corrected chi connectivity index (χ2v) is 6.89. The predicted octanol–water partition coefficient (Wildman–Crippen LogP) is 3.73. The lowest BCUT2D eigenvalue weighted by molar-refractivity contribution is 0.0998. The van der Waals surface area contributed by atoms with Crippen molar-refractivity contribution in [3.63, 3.8) is 0 Å². The summed E-state index contributed by atoms with van der Waals surface area (Å²) in [6.07, 6.45) is 1.54. The van der Waals surface area contributed by atoms with E-state index in [1.54, 1.807) is 11.3 Å². The molecule has 0 radical (unpaired) electrons. The molecule has 1 aliphatic heterocycles. The van der Waals surface area contributed by atoms with E-state index in [0.29, 0.717) is 6.61 Å². The van der Waals surface area contributed by atoms with Gasteiger partial charge in [-0.1, -0.05) is 37.3 Å². The molecule has 6 heteroatoms. The fourth-order valence-electron chi connectivity index (χ4n) is 2.95. The van der Waals surface area contributed by atoms with Crippen molar-refractivity contribution in [1.29, 1.82) is 0 Å². The first-order valence-electron chi connectivity index (χ1n) is 8.33. The molecule has 3 rings (SSSR count). The largest absolute Gasteiger partial charge is 0.371 e. The maximum absolute atomic E-state index is 12.4. The fraction of sp³-hybridized carbons (Fsp3) is 0.444. The number of aromatic nitrogens is 1. The van der Waals surface area contributed by atoms with Gasteiger partial charge in [0.2, 0.25) is 0 Å². The van der Waals surface area contributed by atoms with Crippen LogP contribution in [0.25, 0.3) is 0 Å². The molecule has 24 heavy (non-hydrogen) atoms. The van der Waals surface area contributed by atoms with E-state index < -0.39 is 0 Å². The normalized spacial score (nSPS) is 21.4. The Balaban J connectivity index is 1.61. The Labute approximate surface area is 146 Å². The SMILES string of the molecule is CCC(NC(=O)NC1CCOC1c1ccccc1)c1nc(C)cs1. The maximum atomic E-state index is 12.4. The van der Waals surface area contributed by atoms with Crippen LogP contribution in [-0.4, -0.2) is 23.7 Å². The predicted molar refractivity (Wildman–Crippen MR) is 95.1 cm³/mol. The fourth-order valence-corrected chi connectivity index (χ4v) is 3.88. The summed E-state index contributed by atoms with van der Waals surface area (Å²) < 4.78 is 5.82. The van der Waals surface area contributed by atoms with Crippen LogP contribution in [0.15, 0.2) is 35.7 Å². The lowest BCUT2D eigenvalue weighted by Gasteiger charge is -2.22. The van der Waals surface area contributed by atoms with E-state index in [-0.39, 0.29) is 24.2 Å². The minimum atomic E-state index is -0.161. The van der Waals surface area contributed by atoms with Crippen molar-refractivity contribution in [2.45, 2.75) is 44.9 Å². The molecule has 3 atom stereocenters. The van der Waals surface area contributed by atoms with Gasteiger partial charge in [-0.2, -0.15) is 0 Å². The Morgan fingerprint density at radius 3 is 2.88 bits per heavy atom. The van der Waals surface area contributed by atoms with Crippen molar-refractivity contribution in [2.75, 3.05) is 6.61 Å². The van der Waals surface area contributed by atoms with Crippen LogP contribution in [0.4, 0.5) is 4.79 Å². The zero-order valence-corrected chi connectivity index (χ0v) is 14.8. The number of nitrogens with one attached hydrogen (secondary N) is 2. The summed E-state index contributed by atoms with van der Waals surface area (Å²) in [5, 5.41) is 9.07. The van der Waals surface area contributed by atoms with Crippen LogP contribution in [-0.2, 0) is 4.74 Å². The van der Waals surface area contributed by atoms with Crippen LogP contribution in [0.2, 0.25) is 0 Å². The quantitative estimate of drug-likeness (QED) is 0.868. The van der Waals surface area contributed by atoms with Crippen LogP contribution in [0.3, 0.4) is 0 Å². The van der Waals surface area contributed by atoms with Crippen molar-refractivity contribution >= 4 is 17.4 Å². The van der Waals surface area contributed by atoms with Gasteiger partial charge in [-0.05, 0) is 25.3 Å². The summed E-state index contributed by atoms with van der Waals surface area (Å²) in [4.78, 5) is 16.9. The molecule has 0 saturated carbocycles. The number of nitrogens with zero attached hydrogens (tertiary/aromatic N) is 1. The lowest BCUT2D eigenvalue weighted by Crippen LogP contribution is -2.44. The van der Waals surface area contributed by atoms with Gasteiger partial charge in [-0.15, -0.1) is 11.3 Å². The number of urea groups is 1. The molecule has 2 aromatic rings. The molecule has 3 unspecified atom stereocenters. The summed E-state index contributed by atoms with van der Waals surface area (Å²) in [7, 11) is 0. The van der Waals surface area contributed by atoms with Crippen LogP contribution in [0, 0.1) is 6.92 Å². The van der Waals surface area contributed by atoms with Gasteiger partial charge in [0.25, 0.3) is 0 Å². The van der Waals surface area contributed by atoms with E-state index in [9.17, 15) is 4.79 Å². The highest BCUT2D eigenvalue weighted by Gasteiger charge is 2.31. The third kappa shape index (κ3) is 3.94. The molecule has 1 aliphatic rings. The molecule has 1 aromatic heterocycles. The minimum absolute atomic E-state index is 0.0112. The van der Waals surface area contributed by atoms with Gasteiger partial charge in [0.1, 0.15) is 11.1 Å². The number of ether oxygens (including phenoxy) is 1. The zero-order chi connectivity index (χ0) is 16.9. The average molecular weight is 345 g/mol. The van der Waals surface area contributed by atoms with Crippen molar-refractivity contribution in [3.8, 4) is 0 Å². The summed E-state index contributed by atoms with van der Waals surface area (Å²) in [6.45, 7) is 4.67. The first-order valence-corrected chi connectivity index (χ1v) is 9.21. The molecule has 0 bridgehead atoms. The Morgan fingerprint density at radius 2 is 2.21 bits per heavy atom. The van der Waals surface area contributed by atoms with Crippen LogP contribution in [0.5, 0.6) is 0 Å². The molecule has 0 spiro atoms. The lowest BCUT2D eigenvalue weighted by atomic mass is 10.0. The van der Waals surface area contributed by atoms with E-state index in [4.69, 9.17) is 4.74 Å². The molecular formula is C18H23N3O2S. The van der Waals surface area contributed by atoms with Gasteiger partial charge < -0.3 is 15.4 Å². The Morgan fingerprint density at radius 1 is 1.42 bits per heavy atom. The van der Waals surface area contributed by atoms with Crippen molar-refractivity contribution in [1.82, 2.24) is 15.6 Å². The Bertz CT molecular complexity index is 674. The number of hydrogen-bond acceptors (Lipinski definition) is 4. The number of benzene rings is 1. The smallest absolute Gasteiger partial charge is 0.315 e.